The molecule has 0 amide bonds. The van der Waals surface area contributed by atoms with Gasteiger partial charge in [0.15, 0.2) is 0 Å². The first kappa shape index (κ1) is 17.3. The molecule has 2 aliphatic carbocycles. The molecule has 0 spiro atoms. The maximum atomic E-state index is 3.54. The summed E-state index contributed by atoms with van der Waals surface area (Å²) in [6.07, 6.45) is 11.7. The third-order valence-electron chi connectivity index (χ3n) is 5.63. The first-order valence-electron chi connectivity index (χ1n) is 9.54. The van der Waals surface area contributed by atoms with Crippen molar-refractivity contribution in [2.24, 2.45) is 23.7 Å². The number of nitrogens with zero attached hydrogens (tertiary/aromatic N) is 1. The Morgan fingerprint density at radius 3 is 2.52 bits per heavy atom. The largest absolute Gasteiger partial charge is 0.316 e. The monoisotopic (exact) mass is 294 g/mol. The average Bonchev–Trinajstić information content (AvgIpc) is 3.03. The lowest BCUT2D eigenvalue weighted by Crippen LogP contribution is -2.29. The van der Waals surface area contributed by atoms with Crippen LogP contribution in [0.25, 0.3) is 0 Å². The van der Waals surface area contributed by atoms with Crippen molar-refractivity contribution < 1.29 is 0 Å². The summed E-state index contributed by atoms with van der Waals surface area (Å²) in [4.78, 5) is 2.61. The molecule has 2 nitrogen and oxygen atoms in total. The van der Waals surface area contributed by atoms with Crippen LogP contribution in [0.3, 0.4) is 0 Å². The lowest BCUT2D eigenvalue weighted by Gasteiger charge is -2.27. The highest BCUT2D eigenvalue weighted by Crippen LogP contribution is 2.48. The fourth-order valence-electron chi connectivity index (χ4n) is 4.47. The third-order valence-corrected chi connectivity index (χ3v) is 5.63. The van der Waals surface area contributed by atoms with E-state index in [4.69, 9.17) is 0 Å². The highest BCUT2D eigenvalue weighted by Gasteiger charge is 2.39. The minimum absolute atomic E-state index is 0.782. The number of fused-ring (bicyclic) bond motifs is 2. The maximum absolute atomic E-state index is 3.54. The molecule has 3 unspecified atom stereocenters. The van der Waals surface area contributed by atoms with E-state index < -0.39 is 0 Å². The molecule has 0 aromatic carbocycles. The van der Waals surface area contributed by atoms with Gasteiger partial charge in [-0.05, 0) is 82.5 Å². The Balaban J connectivity index is 1.40. The molecule has 0 heterocycles. The topological polar surface area (TPSA) is 15.3 Å². The minimum atomic E-state index is 0.782. The molecule has 2 rings (SSSR count). The number of nitrogens with one attached hydrogen (secondary N) is 1. The molecule has 2 fully saturated rings. The summed E-state index contributed by atoms with van der Waals surface area (Å²) in [5.74, 6) is 4.01. The number of rotatable bonds is 11. The zero-order chi connectivity index (χ0) is 15.1. The number of hydrogen-bond acceptors (Lipinski definition) is 2. The molecule has 2 heteroatoms. The lowest BCUT2D eigenvalue weighted by molar-refractivity contribution is 0.217. The van der Waals surface area contributed by atoms with Crippen LogP contribution in [-0.4, -0.2) is 38.1 Å². The van der Waals surface area contributed by atoms with E-state index in [0.29, 0.717) is 0 Å². The predicted molar refractivity (Wildman–Crippen MR) is 92.6 cm³/mol. The first-order valence-corrected chi connectivity index (χ1v) is 9.54. The van der Waals surface area contributed by atoms with E-state index in [1.807, 2.05) is 0 Å². The van der Waals surface area contributed by atoms with E-state index >= 15 is 0 Å². The Morgan fingerprint density at radius 2 is 1.86 bits per heavy atom. The van der Waals surface area contributed by atoms with E-state index in [2.05, 4.69) is 31.1 Å². The van der Waals surface area contributed by atoms with Crippen LogP contribution in [0.2, 0.25) is 0 Å². The van der Waals surface area contributed by atoms with Crippen molar-refractivity contribution in [3.05, 3.63) is 0 Å². The molecule has 0 aromatic heterocycles. The van der Waals surface area contributed by atoms with Crippen LogP contribution in [0.15, 0.2) is 0 Å². The molecule has 0 radical (unpaired) electrons. The molecule has 2 saturated carbocycles. The molecule has 2 bridgehead atoms. The van der Waals surface area contributed by atoms with Crippen LogP contribution in [0, 0.1) is 23.7 Å². The highest BCUT2D eigenvalue weighted by atomic mass is 15.1. The van der Waals surface area contributed by atoms with Crippen LogP contribution in [0.4, 0.5) is 0 Å². The van der Waals surface area contributed by atoms with Gasteiger partial charge in [0.05, 0.1) is 0 Å². The van der Waals surface area contributed by atoms with Gasteiger partial charge in [-0.15, -0.1) is 0 Å². The van der Waals surface area contributed by atoms with E-state index in [0.717, 1.165) is 23.7 Å². The van der Waals surface area contributed by atoms with Crippen molar-refractivity contribution in [3.63, 3.8) is 0 Å². The molecular formula is C19H38N2. The maximum Gasteiger partial charge on any atom is 0.000936 e. The van der Waals surface area contributed by atoms with Crippen LogP contribution in [0.1, 0.15) is 65.2 Å². The van der Waals surface area contributed by atoms with Crippen molar-refractivity contribution in [2.45, 2.75) is 65.2 Å². The second-order valence-electron chi connectivity index (χ2n) is 8.21. The molecule has 0 aromatic rings. The van der Waals surface area contributed by atoms with E-state index in [1.54, 1.807) is 6.42 Å². The summed E-state index contributed by atoms with van der Waals surface area (Å²) < 4.78 is 0. The summed E-state index contributed by atoms with van der Waals surface area (Å²) >= 11 is 0. The van der Waals surface area contributed by atoms with Gasteiger partial charge in [0, 0.05) is 6.54 Å². The van der Waals surface area contributed by atoms with Gasteiger partial charge in [-0.3, -0.25) is 0 Å². The van der Waals surface area contributed by atoms with Crippen LogP contribution >= 0.6 is 0 Å². The Labute approximate surface area is 133 Å². The van der Waals surface area contributed by atoms with E-state index in [1.165, 1.54) is 71.1 Å². The second-order valence-corrected chi connectivity index (χ2v) is 8.21. The number of unbranched alkanes of at least 4 members (excludes halogenated alkanes) is 3. The summed E-state index contributed by atoms with van der Waals surface area (Å²) in [6.45, 7) is 9.62. The molecule has 124 valence electrons. The quantitative estimate of drug-likeness (QED) is 0.576. The van der Waals surface area contributed by atoms with E-state index in [9.17, 15) is 0 Å². The summed E-state index contributed by atoms with van der Waals surface area (Å²) in [7, 11) is 2.34. The Bertz CT molecular complexity index is 277. The summed E-state index contributed by atoms with van der Waals surface area (Å²) in [6, 6.07) is 0. The van der Waals surface area contributed by atoms with Gasteiger partial charge in [-0.1, -0.05) is 33.1 Å². The van der Waals surface area contributed by atoms with E-state index in [-0.39, 0.29) is 0 Å². The smallest absolute Gasteiger partial charge is 0.000936 e. The molecule has 1 N–H and O–H groups in total. The summed E-state index contributed by atoms with van der Waals surface area (Å²) in [5.41, 5.74) is 0. The Hall–Kier alpha value is -0.0800. The van der Waals surface area contributed by atoms with Gasteiger partial charge in [0.1, 0.15) is 0 Å². The normalized spacial score (nSPS) is 28.1. The fraction of sp³-hybridized carbons (Fsp3) is 1.00. The second kappa shape index (κ2) is 9.15. The van der Waals surface area contributed by atoms with Gasteiger partial charge < -0.3 is 10.2 Å². The predicted octanol–water partition coefficient (Wildman–Crippen LogP) is 4.16. The molecule has 21 heavy (non-hydrogen) atoms. The Morgan fingerprint density at radius 1 is 1.05 bits per heavy atom. The first-order chi connectivity index (χ1) is 10.1. The van der Waals surface area contributed by atoms with Gasteiger partial charge >= 0.3 is 0 Å². The zero-order valence-corrected chi connectivity index (χ0v) is 14.7. The van der Waals surface area contributed by atoms with Crippen LogP contribution in [-0.2, 0) is 0 Å². The van der Waals surface area contributed by atoms with Crippen molar-refractivity contribution in [3.8, 4) is 0 Å². The molecule has 2 aliphatic rings. The SMILES string of the molecule is CC(C)CNCCCCCCN(C)CC1CC2CCC1C2. The van der Waals surface area contributed by atoms with Gasteiger partial charge in [-0.25, -0.2) is 0 Å². The minimum Gasteiger partial charge on any atom is -0.316 e. The molecule has 3 atom stereocenters. The van der Waals surface area contributed by atoms with Crippen molar-refractivity contribution in [2.75, 3.05) is 33.2 Å². The fourth-order valence-corrected chi connectivity index (χ4v) is 4.47. The van der Waals surface area contributed by atoms with Gasteiger partial charge in [-0.2, -0.15) is 0 Å². The summed E-state index contributed by atoms with van der Waals surface area (Å²) in [5, 5.41) is 3.54. The standard InChI is InChI=1S/C19H38N2/c1-16(2)14-20-10-6-4-5-7-11-21(3)15-19-13-17-8-9-18(19)12-17/h16-20H,4-15H2,1-3H3. The lowest BCUT2D eigenvalue weighted by atomic mass is 9.88. The van der Waals surface area contributed by atoms with Crippen molar-refractivity contribution in [1.29, 1.82) is 0 Å². The van der Waals surface area contributed by atoms with Gasteiger partial charge in [0.2, 0.25) is 0 Å². The van der Waals surface area contributed by atoms with Crippen LogP contribution < -0.4 is 5.32 Å². The van der Waals surface area contributed by atoms with Crippen molar-refractivity contribution >= 4 is 0 Å². The molecule has 0 aliphatic heterocycles. The zero-order valence-electron chi connectivity index (χ0n) is 14.7. The Kier molecular flexibility index (Phi) is 7.53. The highest BCUT2D eigenvalue weighted by molar-refractivity contribution is 4.90. The van der Waals surface area contributed by atoms with Crippen molar-refractivity contribution in [1.82, 2.24) is 10.2 Å². The molecule has 0 saturated heterocycles. The average molecular weight is 295 g/mol. The number of hydrogen-bond donors (Lipinski definition) is 1. The van der Waals surface area contributed by atoms with Crippen LogP contribution in [0.5, 0.6) is 0 Å². The van der Waals surface area contributed by atoms with Gasteiger partial charge in [0.25, 0.3) is 0 Å². The third kappa shape index (κ3) is 6.28. The molecular weight excluding hydrogens is 256 g/mol.